The molecule has 1 spiro atoms. The van der Waals surface area contributed by atoms with Gasteiger partial charge in [0.1, 0.15) is 0 Å². The number of nitrogens with zero attached hydrogens (tertiary/aromatic N) is 1. The number of hydroxylamine groups is 1. The molecule has 0 aromatic heterocycles. The van der Waals surface area contributed by atoms with E-state index in [0.717, 1.165) is 15.7 Å². The first-order chi connectivity index (χ1) is 11.0. The Morgan fingerprint density at radius 1 is 1.04 bits per heavy atom. The van der Waals surface area contributed by atoms with Gasteiger partial charge < -0.3 is 4.90 Å². The molecule has 23 heavy (non-hydrogen) atoms. The molecule has 2 aromatic carbocycles. The Labute approximate surface area is 145 Å². The highest BCUT2D eigenvalue weighted by Gasteiger charge is 2.58. The molecule has 2 aliphatic heterocycles. The summed E-state index contributed by atoms with van der Waals surface area (Å²) < 4.78 is 1.07. The lowest BCUT2D eigenvalue weighted by Gasteiger charge is -2.39. The van der Waals surface area contributed by atoms with Crippen LogP contribution in [0.4, 0.5) is 5.69 Å². The van der Waals surface area contributed by atoms with E-state index in [4.69, 9.17) is 4.84 Å². The van der Waals surface area contributed by atoms with Gasteiger partial charge in [-0.1, -0.05) is 60.1 Å². The first-order valence-electron chi connectivity index (χ1n) is 7.72. The SMILES string of the molecule is CN1c2ccccc2C(C)(C)[C@@]12C=C(c1ccc(Br)cc1)NO2. The highest BCUT2D eigenvalue weighted by molar-refractivity contribution is 9.10. The van der Waals surface area contributed by atoms with Crippen molar-refractivity contribution in [3.8, 4) is 0 Å². The zero-order valence-electron chi connectivity index (χ0n) is 13.4. The number of hydrogen-bond donors (Lipinski definition) is 1. The van der Waals surface area contributed by atoms with Gasteiger partial charge >= 0.3 is 0 Å². The third-order valence-corrected chi connectivity index (χ3v) is 5.67. The van der Waals surface area contributed by atoms with Gasteiger partial charge in [-0.2, -0.15) is 0 Å². The molecule has 1 N–H and O–H groups in total. The number of para-hydroxylation sites is 1. The van der Waals surface area contributed by atoms with Crippen LogP contribution in [-0.4, -0.2) is 12.8 Å². The van der Waals surface area contributed by atoms with Crippen molar-refractivity contribution in [2.75, 3.05) is 11.9 Å². The maximum atomic E-state index is 6.18. The van der Waals surface area contributed by atoms with Crippen molar-refractivity contribution >= 4 is 27.3 Å². The maximum Gasteiger partial charge on any atom is 0.197 e. The third-order valence-electron chi connectivity index (χ3n) is 5.14. The molecule has 118 valence electrons. The van der Waals surface area contributed by atoms with Gasteiger partial charge in [-0.05, 0) is 35.4 Å². The van der Waals surface area contributed by atoms with Crippen LogP contribution in [0.15, 0.2) is 59.1 Å². The molecule has 1 atom stereocenters. The first-order valence-corrected chi connectivity index (χ1v) is 8.51. The summed E-state index contributed by atoms with van der Waals surface area (Å²) in [5.41, 5.74) is 7.10. The van der Waals surface area contributed by atoms with Gasteiger partial charge in [-0.25, -0.2) is 4.84 Å². The second-order valence-electron chi connectivity index (χ2n) is 6.67. The highest BCUT2D eigenvalue weighted by atomic mass is 79.9. The molecule has 2 aliphatic rings. The van der Waals surface area contributed by atoms with Gasteiger partial charge in [0.15, 0.2) is 5.72 Å². The standard InChI is InChI=1S/C19H19BrN2O/c1-18(2)15-6-4-5-7-17(15)22(3)19(18)12-16(21-23-19)13-8-10-14(20)11-9-13/h4-12,21H,1-3H3/t19-/m0/s1. The maximum absolute atomic E-state index is 6.18. The van der Waals surface area contributed by atoms with Crippen molar-refractivity contribution in [3.63, 3.8) is 0 Å². The minimum absolute atomic E-state index is 0.164. The van der Waals surface area contributed by atoms with Gasteiger partial charge in [0.05, 0.1) is 5.70 Å². The van der Waals surface area contributed by atoms with Gasteiger partial charge in [0.25, 0.3) is 0 Å². The van der Waals surface area contributed by atoms with E-state index in [1.165, 1.54) is 11.3 Å². The van der Waals surface area contributed by atoms with Crippen LogP contribution in [0.1, 0.15) is 25.0 Å². The number of benzene rings is 2. The van der Waals surface area contributed by atoms with Crippen LogP contribution in [0.3, 0.4) is 0 Å². The quantitative estimate of drug-likeness (QED) is 0.802. The molecule has 0 saturated heterocycles. The Morgan fingerprint density at radius 3 is 2.43 bits per heavy atom. The third kappa shape index (κ3) is 1.91. The second kappa shape index (κ2) is 4.86. The summed E-state index contributed by atoms with van der Waals surface area (Å²) in [6.07, 6.45) is 2.20. The predicted molar refractivity (Wildman–Crippen MR) is 96.9 cm³/mol. The summed E-state index contributed by atoms with van der Waals surface area (Å²) in [6, 6.07) is 16.8. The number of anilines is 1. The average Bonchev–Trinajstić information content (AvgIpc) is 3.07. The molecule has 0 radical (unpaired) electrons. The topological polar surface area (TPSA) is 24.5 Å². The van der Waals surface area contributed by atoms with E-state index in [-0.39, 0.29) is 5.41 Å². The Kier molecular flexibility index (Phi) is 3.12. The lowest BCUT2D eigenvalue weighted by atomic mass is 9.77. The van der Waals surface area contributed by atoms with Crippen LogP contribution >= 0.6 is 15.9 Å². The largest absolute Gasteiger partial charge is 0.340 e. The molecule has 0 saturated carbocycles. The van der Waals surface area contributed by atoms with E-state index in [1.807, 2.05) is 12.1 Å². The lowest BCUT2D eigenvalue weighted by molar-refractivity contribution is -0.0678. The van der Waals surface area contributed by atoms with Crippen LogP contribution in [0.2, 0.25) is 0 Å². The number of hydrogen-bond acceptors (Lipinski definition) is 3. The van der Waals surface area contributed by atoms with E-state index in [1.54, 1.807) is 0 Å². The van der Waals surface area contributed by atoms with Gasteiger partial charge in [0, 0.05) is 22.6 Å². The van der Waals surface area contributed by atoms with Crippen molar-refractivity contribution < 1.29 is 4.84 Å². The molecular weight excluding hydrogens is 352 g/mol. The molecule has 3 nitrogen and oxygen atoms in total. The summed E-state index contributed by atoms with van der Waals surface area (Å²) >= 11 is 3.48. The smallest absolute Gasteiger partial charge is 0.197 e. The Morgan fingerprint density at radius 2 is 1.74 bits per heavy atom. The lowest BCUT2D eigenvalue weighted by Crippen LogP contribution is -2.54. The fourth-order valence-electron chi connectivity index (χ4n) is 3.72. The molecule has 2 aromatic rings. The van der Waals surface area contributed by atoms with Crippen molar-refractivity contribution in [3.05, 3.63) is 70.2 Å². The fraction of sp³-hybridized carbons (Fsp3) is 0.263. The summed E-state index contributed by atoms with van der Waals surface area (Å²) in [7, 11) is 2.09. The Hall–Kier alpha value is -1.78. The summed E-state index contributed by atoms with van der Waals surface area (Å²) in [6.45, 7) is 4.47. The second-order valence-corrected chi connectivity index (χ2v) is 7.58. The van der Waals surface area contributed by atoms with Crippen LogP contribution < -0.4 is 10.4 Å². The highest BCUT2D eigenvalue weighted by Crippen LogP contribution is 2.54. The zero-order valence-corrected chi connectivity index (χ0v) is 15.0. The summed E-state index contributed by atoms with van der Waals surface area (Å²) in [4.78, 5) is 8.40. The van der Waals surface area contributed by atoms with E-state index < -0.39 is 5.72 Å². The van der Waals surface area contributed by atoms with Crippen LogP contribution in [0, 0.1) is 0 Å². The Balaban J connectivity index is 1.82. The molecule has 2 heterocycles. The van der Waals surface area contributed by atoms with Crippen molar-refractivity contribution in [1.82, 2.24) is 5.48 Å². The van der Waals surface area contributed by atoms with Crippen LogP contribution in [0.25, 0.3) is 5.70 Å². The van der Waals surface area contributed by atoms with E-state index in [2.05, 4.69) is 89.7 Å². The molecule has 0 aliphatic carbocycles. The molecule has 0 fully saturated rings. The number of likely N-dealkylation sites (N-methyl/N-ethyl adjacent to an activating group) is 1. The molecule has 0 unspecified atom stereocenters. The molecule has 0 amide bonds. The van der Waals surface area contributed by atoms with E-state index in [0.29, 0.717) is 0 Å². The summed E-state index contributed by atoms with van der Waals surface area (Å²) in [5, 5.41) is 0. The molecule has 4 heteroatoms. The number of rotatable bonds is 1. The predicted octanol–water partition coefficient (Wildman–Crippen LogP) is 4.45. The zero-order chi connectivity index (χ0) is 16.2. The molecular formula is C19H19BrN2O. The minimum atomic E-state index is -0.529. The van der Waals surface area contributed by atoms with E-state index >= 15 is 0 Å². The van der Waals surface area contributed by atoms with Gasteiger partial charge in [-0.3, -0.25) is 5.48 Å². The van der Waals surface area contributed by atoms with Crippen LogP contribution in [-0.2, 0) is 10.3 Å². The van der Waals surface area contributed by atoms with Crippen molar-refractivity contribution in [2.45, 2.75) is 25.0 Å². The first kappa shape index (κ1) is 14.8. The van der Waals surface area contributed by atoms with Crippen LogP contribution in [0.5, 0.6) is 0 Å². The number of fused-ring (bicyclic) bond motifs is 1. The van der Waals surface area contributed by atoms with Gasteiger partial charge in [0.2, 0.25) is 0 Å². The average molecular weight is 371 g/mol. The number of nitrogens with one attached hydrogen (secondary N) is 1. The fourth-order valence-corrected chi connectivity index (χ4v) is 3.98. The molecule has 0 bridgehead atoms. The minimum Gasteiger partial charge on any atom is -0.340 e. The Bertz CT molecular complexity index is 797. The van der Waals surface area contributed by atoms with Crippen molar-refractivity contribution in [2.24, 2.45) is 0 Å². The normalized spacial score (nSPS) is 24.5. The van der Waals surface area contributed by atoms with Gasteiger partial charge in [-0.15, -0.1) is 0 Å². The monoisotopic (exact) mass is 370 g/mol. The summed E-state index contributed by atoms with van der Waals surface area (Å²) in [5.74, 6) is 0. The van der Waals surface area contributed by atoms with Crippen molar-refractivity contribution in [1.29, 1.82) is 0 Å². The number of halogens is 1. The van der Waals surface area contributed by atoms with E-state index in [9.17, 15) is 0 Å². The molecule has 4 rings (SSSR count).